The maximum Gasteiger partial charge on any atom is 0.224 e. The predicted octanol–water partition coefficient (Wildman–Crippen LogP) is 0.928. The predicted molar refractivity (Wildman–Crippen MR) is 81.2 cm³/mol. The van der Waals surface area contributed by atoms with Crippen LogP contribution in [0.3, 0.4) is 0 Å². The van der Waals surface area contributed by atoms with Crippen LogP contribution in [-0.2, 0) is 11.2 Å². The maximum absolute atomic E-state index is 12.2. The maximum atomic E-state index is 12.2. The quantitative estimate of drug-likeness (QED) is 0.880. The highest BCUT2D eigenvalue weighted by atomic mass is 16.3. The van der Waals surface area contributed by atoms with Gasteiger partial charge < -0.3 is 10.4 Å². The fourth-order valence-corrected chi connectivity index (χ4v) is 2.85. The van der Waals surface area contributed by atoms with Gasteiger partial charge in [-0.2, -0.15) is 5.10 Å². The fourth-order valence-electron chi connectivity index (χ4n) is 2.85. The van der Waals surface area contributed by atoms with Crippen molar-refractivity contribution in [3.05, 3.63) is 47.5 Å². The van der Waals surface area contributed by atoms with Crippen molar-refractivity contribution in [3.63, 3.8) is 0 Å². The highest BCUT2D eigenvalue weighted by molar-refractivity contribution is 5.79. The van der Waals surface area contributed by atoms with Gasteiger partial charge in [-0.1, -0.05) is 6.07 Å². The first kappa shape index (κ1) is 14.7. The average Bonchev–Trinajstić information content (AvgIpc) is 2.86. The van der Waals surface area contributed by atoms with Crippen LogP contribution in [0.25, 0.3) is 0 Å². The second-order valence-electron chi connectivity index (χ2n) is 5.89. The molecule has 0 unspecified atom stereocenters. The Morgan fingerprint density at radius 2 is 2.32 bits per heavy atom. The lowest BCUT2D eigenvalue weighted by Gasteiger charge is -2.41. The van der Waals surface area contributed by atoms with Gasteiger partial charge in [-0.05, 0) is 37.5 Å². The van der Waals surface area contributed by atoms with Gasteiger partial charge in [0.05, 0.1) is 30.8 Å². The Hall–Kier alpha value is -2.21. The molecular formula is C16H20N4O2. The Bertz CT molecular complexity index is 682. The summed E-state index contributed by atoms with van der Waals surface area (Å²) in [6.07, 6.45) is 5.75. The number of carbonyl (C=O) groups excluding carboxylic acids is 1. The van der Waals surface area contributed by atoms with E-state index in [-0.39, 0.29) is 18.0 Å². The summed E-state index contributed by atoms with van der Waals surface area (Å²) in [4.78, 5) is 16.4. The fraction of sp³-hybridized carbons (Fsp3) is 0.438. The molecule has 0 saturated heterocycles. The zero-order valence-corrected chi connectivity index (χ0v) is 12.7. The number of hydrogen-bond acceptors (Lipinski definition) is 4. The van der Waals surface area contributed by atoms with Crippen molar-refractivity contribution in [3.8, 4) is 0 Å². The molecule has 0 bridgehead atoms. The number of nitrogens with one attached hydrogen (secondary N) is 1. The topological polar surface area (TPSA) is 80.0 Å². The van der Waals surface area contributed by atoms with Gasteiger partial charge in [0.2, 0.25) is 5.91 Å². The van der Waals surface area contributed by atoms with Crippen LogP contribution in [0.5, 0.6) is 0 Å². The second-order valence-corrected chi connectivity index (χ2v) is 5.89. The van der Waals surface area contributed by atoms with Crippen LogP contribution in [-0.4, -0.2) is 37.9 Å². The van der Waals surface area contributed by atoms with E-state index in [1.807, 2.05) is 32.2 Å². The number of aliphatic hydroxyl groups excluding tert-OH is 1. The van der Waals surface area contributed by atoms with Crippen molar-refractivity contribution in [1.82, 2.24) is 20.1 Å². The Balaban J connectivity index is 1.63. The molecule has 1 saturated carbocycles. The van der Waals surface area contributed by atoms with Crippen molar-refractivity contribution < 1.29 is 9.90 Å². The lowest BCUT2D eigenvalue weighted by Crippen LogP contribution is -2.56. The summed E-state index contributed by atoms with van der Waals surface area (Å²) in [5.74, 6) is -0.0538. The van der Waals surface area contributed by atoms with E-state index < -0.39 is 6.10 Å². The smallest absolute Gasteiger partial charge is 0.224 e. The largest absolute Gasteiger partial charge is 0.391 e. The third-order valence-electron chi connectivity index (χ3n) is 4.15. The highest BCUT2D eigenvalue weighted by Gasteiger charge is 2.42. The van der Waals surface area contributed by atoms with Crippen LogP contribution in [0.4, 0.5) is 0 Å². The van der Waals surface area contributed by atoms with Gasteiger partial charge in [-0.25, -0.2) is 0 Å². The van der Waals surface area contributed by atoms with Gasteiger partial charge in [-0.3, -0.25) is 14.5 Å². The summed E-state index contributed by atoms with van der Waals surface area (Å²) in [5.41, 5.74) is 2.83. The molecule has 2 aromatic rings. The first-order valence-corrected chi connectivity index (χ1v) is 7.43. The number of amides is 1. The highest BCUT2D eigenvalue weighted by Crippen LogP contribution is 2.32. The molecular weight excluding hydrogens is 280 g/mol. The molecule has 3 rings (SSSR count). The van der Waals surface area contributed by atoms with Crippen LogP contribution in [0, 0.1) is 13.8 Å². The molecule has 1 aliphatic carbocycles. The van der Waals surface area contributed by atoms with E-state index in [9.17, 15) is 9.90 Å². The average molecular weight is 300 g/mol. The molecule has 0 spiro atoms. The standard InChI is InChI=1S/C16H20N4O2/c1-10-8-18-20(9-10)16-13(7-14(16)21)19-15(22)6-12-4-3-5-17-11(12)2/h3-5,8-9,13-14,16,21H,6-7H2,1-2H3,(H,19,22)/t13-,14+,16+/m0/s1. The van der Waals surface area contributed by atoms with Gasteiger partial charge in [0.25, 0.3) is 0 Å². The van der Waals surface area contributed by atoms with Crippen molar-refractivity contribution in [2.45, 2.75) is 44.9 Å². The van der Waals surface area contributed by atoms with Gasteiger partial charge in [-0.15, -0.1) is 0 Å². The molecule has 0 radical (unpaired) electrons. The number of pyridine rings is 1. The van der Waals surface area contributed by atoms with E-state index in [4.69, 9.17) is 0 Å². The normalized spacial score (nSPS) is 23.9. The summed E-state index contributed by atoms with van der Waals surface area (Å²) in [6, 6.07) is 3.47. The molecule has 0 aliphatic heterocycles. The third-order valence-corrected chi connectivity index (χ3v) is 4.15. The van der Waals surface area contributed by atoms with E-state index in [0.29, 0.717) is 12.8 Å². The number of aromatic nitrogens is 3. The minimum atomic E-state index is -0.468. The van der Waals surface area contributed by atoms with Crippen LogP contribution in [0.15, 0.2) is 30.7 Å². The summed E-state index contributed by atoms with van der Waals surface area (Å²) in [7, 11) is 0. The molecule has 2 heterocycles. The van der Waals surface area contributed by atoms with Crippen LogP contribution in [0.1, 0.15) is 29.3 Å². The van der Waals surface area contributed by atoms with Crippen molar-refractivity contribution in [2.24, 2.45) is 0 Å². The summed E-state index contributed by atoms with van der Waals surface area (Å²) >= 11 is 0. The number of aliphatic hydroxyl groups is 1. The Morgan fingerprint density at radius 3 is 2.95 bits per heavy atom. The van der Waals surface area contributed by atoms with Crippen molar-refractivity contribution in [1.29, 1.82) is 0 Å². The molecule has 116 valence electrons. The molecule has 0 aromatic carbocycles. The van der Waals surface area contributed by atoms with Gasteiger partial charge >= 0.3 is 0 Å². The van der Waals surface area contributed by atoms with Crippen LogP contribution < -0.4 is 5.32 Å². The molecule has 22 heavy (non-hydrogen) atoms. The first-order valence-electron chi connectivity index (χ1n) is 7.43. The number of hydrogen-bond donors (Lipinski definition) is 2. The summed E-state index contributed by atoms with van der Waals surface area (Å²) in [6.45, 7) is 3.85. The molecule has 6 nitrogen and oxygen atoms in total. The van der Waals surface area contributed by atoms with Gasteiger partial charge in [0.1, 0.15) is 0 Å². The van der Waals surface area contributed by atoms with E-state index in [1.54, 1.807) is 17.1 Å². The monoisotopic (exact) mass is 300 g/mol. The first-order chi connectivity index (χ1) is 10.5. The number of rotatable bonds is 4. The van der Waals surface area contributed by atoms with Crippen LogP contribution >= 0.6 is 0 Å². The summed E-state index contributed by atoms with van der Waals surface area (Å²) in [5, 5.41) is 17.2. The third kappa shape index (κ3) is 2.87. The van der Waals surface area contributed by atoms with Gasteiger partial charge in [0.15, 0.2) is 0 Å². The van der Waals surface area contributed by atoms with E-state index in [0.717, 1.165) is 16.8 Å². The van der Waals surface area contributed by atoms with Gasteiger partial charge in [0, 0.05) is 18.1 Å². The summed E-state index contributed by atoms with van der Waals surface area (Å²) < 4.78 is 1.74. The minimum Gasteiger partial charge on any atom is -0.391 e. The molecule has 6 heteroatoms. The van der Waals surface area contributed by atoms with Crippen LogP contribution in [0.2, 0.25) is 0 Å². The van der Waals surface area contributed by atoms with Crippen molar-refractivity contribution in [2.75, 3.05) is 0 Å². The Labute approximate surface area is 129 Å². The van der Waals surface area contributed by atoms with E-state index >= 15 is 0 Å². The van der Waals surface area contributed by atoms with E-state index in [2.05, 4.69) is 15.4 Å². The number of nitrogens with zero attached hydrogens (tertiary/aromatic N) is 3. The zero-order valence-electron chi connectivity index (χ0n) is 12.7. The number of aryl methyl sites for hydroxylation is 2. The van der Waals surface area contributed by atoms with Crippen molar-refractivity contribution >= 4 is 5.91 Å². The molecule has 2 aromatic heterocycles. The molecule has 1 amide bonds. The number of carbonyl (C=O) groups is 1. The van der Waals surface area contributed by atoms with E-state index in [1.165, 1.54) is 0 Å². The molecule has 3 atom stereocenters. The molecule has 1 aliphatic rings. The lowest BCUT2D eigenvalue weighted by atomic mass is 9.83. The minimum absolute atomic E-state index is 0.0538. The Kier molecular flexibility index (Phi) is 3.94. The molecule has 2 N–H and O–H groups in total. The zero-order chi connectivity index (χ0) is 15.7. The lowest BCUT2D eigenvalue weighted by molar-refractivity contribution is -0.124. The second kappa shape index (κ2) is 5.88. The Morgan fingerprint density at radius 1 is 1.50 bits per heavy atom. The molecule has 1 fully saturated rings. The SMILES string of the molecule is Cc1cnn([C@H]2[C@H](O)C[C@@H]2NC(=O)Cc2cccnc2C)c1.